The van der Waals surface area contributed by atoms with E-state index >= 15 is 0 Å². The molecule has 1 N–H and O–H groups in total. The lowest BCUT2D eigenvalue weighted by Gasteiger charge is -2.18. The van der Waals surface area contributed by atoms with Crippen molar-refractivity contribution >= 4 is 29.1 Å². The number of hydrogen-bond donors (Lipinski definition) is 1. The van der Waals surface area contributed by atoms with Crippen molar-refractivity contribution in [3.8, 4) is 11.1 Å². The van der Waals surface area contributed by atoms with Gasteiger partial charge in [-0.15, -0.1) is 0 Å². The average Bonchev–Trinajstić information content (AvgIpc) is 3.27. The Morgan fingerprint density at radius 3 is 2.89 bits per heavy atom. The van der Waals surface area contributed by atoms with E-state index in [0.717, 1.165) is 36.0 Å². The number of amides is 1. The fraction of sp³-hybridized carbons (Fsp3) is 0.321. The van der Waals surface area contributed by atoms with Gasteiger partial charge in [-0.2, -0.15) is 4.98 Å². The molecule has 0 radical (unpaired) electrons. The van der Waals surface area contributed by atoms with E-state index in [-0.39, 0.29) is 17.4 Å². The van der Waals surface area contributed by atoms with Crippen LogP contribution in [0.5, 0.6) is 0 Å². The number of rotatable bonds is 6. The van der Waals surface area contributed by atoms with Crippen molar-refractivity contribution in [2.24, 2.45) is 16.8 Å². The first-order chi connectivity index (χ1) is 17.5. The molecule has 0 aliphatic carbocycles. The minimum atomic E-state index is -0.101. The number of fused-ring (bicyclic) bond motifs is 1. The molecule has 1 aromatic carbocycles. The fourth-order valence-corrected chi connectivity index (χ4v) is 4.86. The summed E-state index contributed by atoms with van der Waals surface area (Å²) >= 11 is 0. The number of hydrogen-bond acceptors (Lipinski definition) is 6. The van der Waals surface area contributed by atoms with Crippen LogP contribution < -0.4 is 10.9 Å². The standard InChI is InChI=1S/C28H30N6O2/c1-3-25(35)33-12-10-20(17-33)18-34-26-22(14-24(27(34)36)21-7-5-4-6-8-21)15-30-28(32-26)31-23-13-19(2)9-11-29-16-23/h3-8,13-16,19-20H,1,9-12,17-18H2,2H3,(H,30,31,32)/t19?,20-/m1/s1. The fourth-order valence-electron chi connectivity index (χ4n) is 4.86. The molecular weight excluding hydrogens is 452 g/mol. The number of nitrogens with one attached hydrogen (secondary N) is 1. The van der Waals surface area contributed by atoms with E-state index in [1.165, 1.54) is 6.08 Å². The highest BCUT2D eigenvalue weighted by atomic mass is 16.2. The Morgan fingerprint density at radius 1 is 1.25 bits per heavy atom. The van der Waals surface area contributed by atoms with E-state index in [0.29, 0.717) is 42.7 Å². The van der Waals surface area contributed by atoms with Crippen LogP contribution >= 0.6 is 0 Å². The van der Waals surface area contributed by atoms with Gasteiger partial charge < -0.3 is 10.2 Å². The molecule has 36 heavy (non-hydrogen) atoms. The molecule has 4 heterocycles. The molecule has 0 saturated carbocycles. The van der Waals surface area contributed by atoms with Crippen molar-refractivity contribution in [1.82, 2.24) is 19.4 Å². The Bertz CT molecular complexity index is 1410. The van der Waals surface area contributed by atoms with Gasteiger partial charge in [-0.25, -0.2) is 4.98 Å². The maximum atomic E-state index is 13.8. The molecule has 8 nitrogen and oxygen atoms in total. The van der Waals surface area contributed by atoms with Gasteiger partial charge in [0.15, 0.2) is 0 Å². The summed E-state index contributed by atoms with van der Waals surface area (Å²) in [6, 6.07) is 11.5. The predicted octanol–water partition coefficient (Wildman–Crippen LogP) is 3.90. The number of aromatic nitrogens is 3. The van der Waals surface area contributed by atoms with Crippen LogP contribution in [0.15, 0.2) is 76.8 Å². The molecule has 1 fully saturated rings. The van der Waals surface area contributed by atoms with E-state index in [9.17, 15) is 9.59 Å². The van der Waals surface area contributed by atoms with Crippen molar-refractivity contribution in [3.05, 3.63) is 77.4 Å². The number of benzene rings is 1. The van der Waals surface area contributed by atoms with Crippen molar-refractivity contribution in [1.29, 1.82) is 0 Å². The second kappa shape index (κ2) is 10.3. The molecule has 5 rings (SSSR count). The monoisotopic (exact) mass is 482 g/mol. The van der Waals surface area contributed by atoms with Crippen LogP contribution in [-0.4, -0.2) is 51.2 Å². The van der Waals surface area contributed by atoms with Gasteiger partial charge in [0.1, 0.15) is 5.65 Å². The summed E-state index contributed by atoms with van der Waals surface area (Å²) in [5.41, 5.74) is 2.78. The molecule has 2 aliphatic heterocycles. The van der Waals surface area contributed by atoms with Crippen molar-refractivity contribution in [2.75, 3.05) is 25.0 Å². The van der Waals surface area contributed by atoms with E-state index in [2.05, 4.69) is 34.9 Å². The second-order valence-electron chi connectivity index (χ2n) is 9.50. The highest BCUT2D eigenvalue weighted by Crippen LogP contribution is 2.24. The molecule has 184 valence electrons. The summed E-state index contributed by atoms with van der Waals surface area (Å²) in [6.45, 7) is 8.26. The van der Waals surface area contributed by atoms with Gasteiger partial charge in [-0.05, 0) is 42.4 Å². The normalized spacial score (nSPS) is 19.7. The molecule has 2 aliphatic rings. The lowest BCUT2D eigenvalue weighted by molar-refractivity contribution is -0.125. The van der Waals surface area contributed by atoms with Gasteiger partial charge in [0, 0.05) is 49.5 Å². The average molecular weight is 483 g/mol. The highest BCUT2D eigenvalue weighted by Gasteiger charge is 2.26. The molecule has 2 atom stereocenters. The predicted molar refractivity (Wildman–Crippen MR) is 143 cm³/mol. The van der Waals surface area contributed by atoms with Crippen molar-refractivity contribution < 1.29 is 4.79 Å². The lowest BCUT2D eigenvalue weighted by Crippen LogP contribution is -2.30. The zero-order valence-electron chi connectivity index (χ0n) is 20.4. The number of carbonyl (C=O) groups excluding carboxylic acids is 1. The zero-order chi connectivity index (χ0) is 25.1. The maximum absolute atomic E-state index is 13.8. The van der Waals surface area contributed by atoms with E-state index < -0.39 is 0 Å². The Labute approximate surface area is 210 Å². The Balaban J connectivity index is 1.55. The number of nitrogens with zero attached hydrogens (tertiary/aromatic N) is 5. The van der Waals surface area contributed by atoms with Crippen LogP contribution in [0.25, 0.3) is 22.2 Å². The van der Waals surface area contributed by atoms with Crippen LogP contribution in [0.3, 0.4) is 0 Å². The Kier molecular flexibility index (Phi) is 6.75. The third-order valence-electron chi connectivity index (χ3n) is 6.79. The van der Waals surface area contributed by atoms with Crippen molar-refractivity contribution in [2.45, 2.75) is 26.3 Å². The number of carbonyl (C=O) groups is 1. The van der Waals surface area contributed by atoms with Gasteiger partial charge >= 0.3 is 0 Å². The smallest absolute Gasteiger partial charge is 0.260 e. The SMILES string of the molecule is C=CC(=O)N1CC[C@@H](Cn2c(=O)c(-c3ccccc3)cc3cnc(NC4=CC(C)CCN=C4)nc32)C1. The van der Waals surface area contributed by atoms with Crippen LogP contribution in [0.4, 0.5) is 5.95 Å². The number of likely N-dealkylation sites (tertiary alicyclic amines) is 1. The third-order valence-corrected chi connectivity index (χ3v) is 6.79. The molecule has 0 spiro atoms. The Morgan fingerprint density at radius 2 is 2.08 bits per heavy atom. The number of aliphatic imine (C=N–C) groups is 1. The number of allylic oxidation sites excluding steroid dienone is 2. The minimum absolute atomic E-state index is 0.0749. The molecule has 0 bridgehead atoms. The minimum Gasteiger partial charge on any atom is -0.339 e. The van der Waals surface area contributed by atoms with Crippen LogP contribution in [0.2, 0.25) is 0 Å². The maximum Gasteiger partial charge on any atom is 0.260 e. The van der Waals surface area contributed by atoms with Crippen LogP contribution in [0.1, 0.15) is 19.8 Å². The van der Waals surface area contributed by atoms with Crippen LogP contribution in [-0.2, 0) is 11.3 Å². The molecule has 1 unspecified atom stereocenters. The van der Waals surface area contributed by atoms with Gasteiger partial charge in [-0.1, -0.05) is 49.9 Å². The summed E-state index contributed by atoms with van der Waals surface area (Å²) in [6.07, 6.45) is 8.85. The topological polar surface area (TPSA) is 92.5 Å². The van der Waals surface area contributed by atoms with E-state index in [1.54, 1.807) is 15.7 Å². The highest BCUT2D eigenvalue weighted by molar-refractivity contribution is 5.87. The summed E-state index contributed by atoms with van der Waals surface area (Å²) in [5.74, 6) is 0.884. The van der Waals surface area contributed by atoms with Gasteiger partial charge in [-0.3, -0.25) is 19.1 Å². The van der Waals surface area contributed by atoms with Gasteiger partial charge in [0.05, 0.1) is 5.70 Å². The zero-order valence-corrected chi connectivity index (χ0v) is 20.4. The summed E-state index contributed by atoms with van der Waals surface area (Å²) < 4.78 is 1.75. The first-order valence-electron chi connectivity index (χ1n) is 12.4. The van der Waals surface area contributed by atoms with E-state index in [4.69, 9.17) is 4.98 Å². The summed E-state index contributed by atoms with van der Waals surface area (Å²) in [5, 5.41) is 4.05. The number of pyridine rings is 1. The molecule has 1 amide bonds. The largest absolute Gasteiger partial charge is 0.339 e. The third kappa shape index (κ3) is 4.98. The molecule has 8 heteroatoms. The van der Waals surface area contributed by atoms with Crippen LogP contribution in [0, 0.1) is 11.8 Å². The first-order valence-corrected chi connectivity index (χ1v) is 12.4. The molecule has 1 saturated heterocycles. The second-order valence-corrected chi connectivity index (χ2v) is 9.50. The van der Waals surface area contributed by atoms with Gasteiger partial charge in [0.25, 0.3) is 5.56 Å². The quantitative estimate of drug-likeness (QED) is 0.538. The summed E-state index contributed by atoms with van der Waals surface area (Å²) in [7, 11) is 0. The van der Waals surface area contributed by atoms with Crippen molar-refractivity contribution in [3.63, 3.8) is 0 Å². The first kappa shape index (κ1) is 23.7. The molecular formula is C28H30N6O2. The van der Waals surface area contributed by atoms with Gasteiger partial charge in [0.2, 0.25) is 11.9 Å². The number of anilines is 1. The molecule has 2 aromatic heterocycles. The summed E-state index contributed by atoms with van der Waals surface area (Å²) in [4.78, 5) is 41.4. The molecule has 3 aromatic rings. The van der Waals surface area contributed by atoms with E-state index in [1.807, 2.05) is 42.6 Å². The lowest BCUT2D eigenvalue weighted by atomic mass is 10.0. The Hall–Kier alpha value is -4.07.